The van der Waals surface area contributed by atoms with E-state index < -0.39 is 0 Å². The van der Waals surface area contributed by atoms with Crippen molar-refractivity contribution in [1.29, 1.82) is 0 Å². The van der Waals surface area contributed by atoms with Crippen LogP contribution in [0.5, 0.6) is 0 Å². The van der Waals surface area contributed by atoms with Gasteiger partial charge in [-0.25, -0.2) is 0 Å². The quantitative estimate of drug-likeness (QED) is 0.635. The van der Waals surface area contributed by atoms with E-state index in [1.165, 1.54) is 0 Å². The molecule has 0 fully saturated rings. The van der Waals surface area contributed by atoms with Gasteiger partial charge in [0.15, 0.2) is 0 Å². The van der Waals surface area contributed by atoms with Crippen molar-refractivity contribution < 1.29 is 4.79 Å². The van der Waals surface area contributed by atoms with Crippen LogP contribution in [-0.2, 0) is 4.79 Å². The third kappa shape index (κ3) is 4.29. The van der Waals surface area contributed by atoms with Gasteiger partial charge in [0.05, 0.1) is 8.96 Å². The molecule has 2 aromatic rings. The Labute approximate surface area is 135 Å². The average Bonchev–Trinajstić information content (AvgIpc) is 2.48. The fourth-order valence-electron chi connectivity index (χ4n) is 1.64. The molecule has 0 amide bonds. The molecule has 0 radical (unpaired) electrons. The van der Waals surface area contributed by atoms with Gasteiger partial charge < -0.3 is 0 Å². The summed E-state index contributed by atoms with van der Waals surface area (Å²) in [4.78, 5) is 12.2. The number of allylic oxidation sites excluding steroid dienone is 2. The smallest absolute Gasteiger partial charge is 0.206 e. The summed E-state index contributed by atoms with van der Waals surface area (Å²) in [7, 11) is 0. The molecule has 0 saturated heterocycles. The summed E-state index contributed by atoms with van der Waals surface area (Å²) in [6, 6.07) is 19.4. The highest BCUT2D eigenvalue weighted by atomic mass is 79.9. The molecule has 1 nitrogen and oxygen atoms in total. The maximum absolute atomic E-state index is 12.2. The van der Waals surface area contributed by atoms with Gasteiger partial charge in [0.25, 0.3) is 0 Å². The minimum atomic E-state index is -0.0855. The fraction of sp³-hybridized carbons (Fsp3) is 0. The molecular weight excluding hydrogens is 380 g/mol. The van der Waals surface area contributed by atoms with Gasteiger partial charge in [-0.15, -0.1) is 0 Å². The van der Waals surface area contributed by atoms with Crippen LogP contribution < -0.4 is 0 Å². The second-order valence-electron chi connectivity index (χ2n) is 4.14. The van der Waals surface area contributed by atoms with Crippen LogP contribution in [0.1, 0.15) is 11.1 Å². The zero-order chi connectivity index (χ0) is 14.4. The predicted molar refractivity (Wildman–Crippen MR) is 91.7 cm³/mol. The zero-order valence-corrected chi connectivity index (χ0v) is 13.8. The largest absolute Gasteiger partial charge is 0.287 e. The SMILES string of the molecule is O=C(C(Br)=Cc1ccccc1)/C(Br)=C\c1ccccc1. The molecule has 0 N–H and O–H groups in total. The number of halogens is 2. The number of ketones is 1. The molecule has 0 unspecified atom stereocenters. The van der Waals surface area contributed by atoms with E-state index in [1.54, 1.807) is 0 Å². The average molecular weight is 392 g/mol. The topological polar surface area (TPSA) is 17.1 Å². The van der Waals surface area contributed by atoms with Crippen LogP contribution in [0.2, 0.25) is 0 Å². The van der Waals surface area contributed by atoms with E-state index in [0.717, 1.165) is 11.1 Å². The second-order valence-corrected chi connectivity index (χ2v) is 5.84. The molecule has 0 aliphatic carbocycles. The van der Waals surface area contributed by atoms with Crippen molar-refractivity contribution in [2.45, 2.75) is 0 Å². The lowest BCUT2D eigenvalue weighted by molar-refractivity contribution is -0.110. The Morgan fingerprint density at radius 2 is 1.05 bits per heavy atom. The minimum absolute atomic E-state index is 0.0855. The van der Waals surface area contributed by atoms with E-state index in [2.05, 4.69) is 31.9 Å². The number of benzene rings is 2. The van der Waals surface area contributed by atoms with Gasteiger partial charge in [-0.3, -0.25) is 4.79 Å². The van der Waals surface area contributed by atoms with Gasteiger partial charge in [-0.1, -0.05) is 60.7 Å². The van der Waals surface area contributed by atoms with Crippen LogP contribution in [0, 0.1) is 0 Å². The Bertz CT molecular complexity index is 586. The lowest BCUT2D eigenvalue weighted by Gasteiger charge is -2.00. The van der Waals surface area contributed by atoms with Crippen molar-refractivity contribution in [2.24, 2.45) is 0 Å². The summed E-state index contributed by atoms with van der Waals surface area (Å²) < 4.78 is 1.03. The fourth-order valence-corrected chi connectivity index (χ4v) is 2.86. The number of rotatable bonds is 4. The minimum Gasteiger partial charge on any atom is -0.287 e. The van der Waals surface area contributed by atoms with Gasteiger partial charge in [-0.2, -0.15) is 0 Å². The molecular formula is C17H12Br2O. The highest BCUT2D eigenvalue weighted by Crippen LogP contribution is 2.22. The molecule has 0 spiro atoms. The number of Topliss-reactive ketones (excluding diaryl/α,β-unsaturated/α-hetero) is 1. The molecule has 0 heterocycles. The molecule has 3 heteroatoms. The summed E-state index contributed by atoms with van der Waals surface area (Å²) in [6.45, 7) is 0. The molecule has 0 aromatic heterocycles. The first kappa shape index (κ1) is 14.9. The molecule has 2 rings (SSSR count). The Morgan fingerprint density at radius 1 is 0.700 bits per heavy atom. The summed E-state index contributed by atoms with van der Waals surface area (Å²) in [5.41, 5.74) is 1.96. The third-order valence-corrected chi connectivity index (χ3v) is 3.80. The first-order chi connectivity index (χ1) is 9.66. The molecule has 0 saturated carbocycles. The van der Waals surface area contributed by atoms with Crippen molar-refractivity contribution in [1.82, 2.24) is 0 Å². The number of carbonyl (C=O) groups is 1. The van der Waals surface area contributed by atoms with Crippen LogP contribution in [-0.4, -0.2) is 5.78 Å². The maximum Gasteiger partial charge on any atom is 0.206 e. The highest BCUT2D eigenvalue weighted by molar-refractivity contribution is 9.13. The summed E-state index contributed by atoms with van der Waals surface area (Å²) in [5.74, 6) is -0.0855. The standard InChI is InChI=1S/C17H12Br2O/c18-15(11-13-7-3-1-4-8-13)17(20)16(19)12-14-9-5-2-6-10-14/h1-12H/b15-11+,16-12?. The highest BCUT2D eigenvalue weighted by Gasteiger charge is 2.10. The zero-order valence-electron chi connectivity index (χ0n) is 10.6. The Hall–Kier alpha value is -1.45. The number of hydrogen-bond acceptors (Lipinski definition) is 1. The molecule has 0 aliphatic rings. The van der Waals surface area contributed by atoms with Crippen molar-refractivity contribution in [2.75, 3.05) is 0 Å². The van der Waals surface area contributed by atoms with Gasteiger partial charge in [-0.05, 0) is 55.1 Å². The van der Waals surface area contributed by atoms with E-state index in [1.807, 2.05) is 72.8 Å². The maximum atomic E-state index is 12.2. The molecule has 2 aromatic carbocycles. The third-order valence-electron chi connectivity index (χ3n) is 2.62. The summed E-state index contributed by atoms with van der Waals surface area (Å²) >= 11 is 6.67. The van der Waals surface area contributed by atoms with Crippen LogP contribution in [0.3, 0.4) is 0 Å². The van der Waals surface area contributed by atoms with Crippen LogP contribution in [0.15, 0.2) is 69.6 Å². The Balaban J connectivity index is 2.19. The predicted octanol–water partition coefficient (Wildman–Crippen LogP) is 5.43. The normalized spacial score (nSPS) is 12.3. The summed E-state index contributed by atoms with van der Waals surface area (Å²) in [6.07, 6.45) is 3.62. The first-order valence-electron chi connectivity index (χ1n) is 6.06. The van der Waals surface area contributed by atoms with Gasteiger partial charge in [0.1, 0.15) is 0 Å². The molecule has 20 heavy (non-hydrogen) atoms. The van der Waals surface area contributed by atoms with E-state index in [0.29, 0.717) is 8.96 Å². The Morgan fingerprint density at radius 3 is 1.40 bits per heavy atom. The van der Waals surface area contributed by atoms with Crippen LogP contribution in [0.4, 0.5) is 0 Å². The van der Waals surface area contributed by atoms with E-state index >= 15 is 0 Å². The van der Waals surface area contributed by atoms with E-state index in [4.69, 9.17) is 0 Å². The van der Waals surface area contributed by atoms with Crippen molar-refractivity contribution in [3.63, 3.8) is 0 Å². The van der Waals surface area contributed by atoms with E-state index in [9.17, 15) is 4.79 Å². The molecule has 0 atom stereocenters. The lowest BCUT2D eigenvalue weighted by atomic mass is 10.1. The summed E-state index contributed by atoms with van der Waals surface area (Å²) in [5, 5.41) is 0. The second kappa shape index (κ2) is 7.36. The Kier molecular flexibility index (Phi) is 5.50. The molecule has 100 valence electrons. The monoisotopic (exact) mass is 390 g/mol. The van der Waals surface area contributed by atoms with E-state index in [-0.39, 0.29) is 5.78 Å². The number of carbonyl (C=O) groups excluding carboxylic acids is 1. The van der Waals surface area contributed by atoms with Gasteiger partial charge in [0.2, 0.25) is 5.78 Å². The lowest BCUT2D eigenvalue weighted by Crippen LogP contribution is -1.96. The molecule has 0 bridgehead atoms. The van der Waals surface area contributed by atoms with Gasteiger partial charge >= 0.3 is 0 Å². The van der Waals surface area contributed by atoms with Crippen LogP contribution in [0.25, 0.3) is 12.2 Å². The van der Waals surface area contributed by atoms with Crippen LogP contribution >= 0.6 is 31.9 Å². The number of hydrogen-bond donors (Lipinski definition) is 0. The van der Waals surface area contributed by atoms with Gasteiger partial charge in [0, 0.05) is 0 Å². The first-order valence-corrected chi connectivity index (χ1v) is 7.64. The van der Waals surface area contributed by atoms with Crippen molar-refractivity contribution in [3.05, 3.63) is 80.8 Å². The van der Waals surface area contributed by atoms with Crippen molar-refractivity contribution in [3.8, 4) is 0 Å². The molecule has 0 aliphatic heterocycles. The van der Waals surface area contributed by atoms with Crippen molar-refractivity contribution >= 4 is 49.8 Å².